The lowest BCUT2D eigenvalue weighted by atomic mass is 9.75. The molecule has 1 aliphatic carbocycles. The summed E-state index contributed by atoms with van der Waals surface area (Å²) < 4.78 is 0. The van der Waals surface area contributed by atoms with Crippen LogP contribution in [0.15, 0.2) is 0 Å². The van der Waals surface area contributed by atoms with Gasteiger partial charge in [0.1, 0.15) is 17.5 Å². The Balaban J connectivity index is 1.78. The van der Waals surface area contributed by atoms with Gasteiger partial charge in [0.2, 0.25) is 0 Å². The number of nitrogen functional groups attached to an aromatic ring is 1. The van der Waals surface area contributed by atoms with E-state index in [1.165, 1.54) is 25.7 Å². The van der Waals surface area contributed by atoms with Gasteiger partial charge in [-0.2, -0.15) is 0 Å². The van der Waals surface area contributed by atoms with Crippen LogP contribution in [0.3, 0.4) is 0 Å². The van der Waals surface area contributed by atoms with Crippen molar-refractivity contribution in [2.45, 2.75) is 59.3 Å². The fourth-order valence-corrected chi connectivity index (χ4v) is 3.33. The molecule has 1 saturated carbocycles. The third-order valence-corrected chi connectivity index (χ3v) is 5.14. The number of nitrogens with zero attached hydrogens (tertiary/aromatic N) is 3. The first-order valence-corrected chi connectivity index (χ1v) is 8.25. The Morgan fingerprint density at radius 3 is 2.19 bits per heavy atom. The number of hydrogen-bond acceptors (Lipinski definition) is 4. The molecule has 1 aromatic rings. The molecule has 2 aliphatic rings. The largest absolute Gasteiger partial charge is 0.383 e. The van der Waals surface area contributed by atoms with E-state index in [1.807, 2.05) is 0 Å². The van der Waals surface area contributed by atoms with Crippen molar-refractivity contribution in [1.29, 1.82) is 0 Å². The maximum absolute atomic E-state index is 6.11. The third kappa shape index (κ3) is 2.99. The highest BCUT2D eigenvalue weighted by Crippen LogP contribution is 2.40. The van der Waals surface area contributed by atoms with Crippen LogP contribution in [0.25, 0.3) is 0 Å². The molecular weight excluding hydrogens is 260 g/mol. The summed E-state index contributed by atoms with van der Waals surface area (Å²) in [6, 6.07) is 0. The van der Waals surface area contributed by atoms with E-state index in [9.17, 15) is 0 Å². The van der Waals surface area contributed by atoms with E-state index in [4.69, 9.17) is 10.7 Å². The second-order valence-electron chi connectivity index (χ2n) is 7.82. The van der Waals surface area contributed by atoms with E-state index >= 15 is 0 Å². The molecule has 2 fully saturated rings. The molecule has 0 unspecified atom stereocenters. The second kappa shape index (κ2) is 5.15. The zero-order valence-electron chi connectivity index (χ0n) is 13.8. The predicted octanol–water partition coefficient (Wildman–Crippen LogP) is 3.51. The van der Waals surface area contributed by atoms with Crippen LogP contribution >= 0.6 is 0 Å². The van der Waals surface area contributed by atoms with Gasteiger partial charge in [0, 0.05) is 24.6 Å². The first-order chi connectivity index (χ1) is 9.86. The number of anilines is 2. The topological polar surface area (TPSA) is 55.0 Å². The first-order valence-electron chi connectivity index (χ1n) is 8.25. The summed E-state index contributed by atoms with van der Waals surface area (Å²) in [7, 11) is 0. The highest BCUT2D eigenvalue weighted by atomic mass is 15.2. The summed E-state index contributed by atoms with van der Waals surface area (Å²) in [5.74, 6) is 4.07. The minimum atomic E-state index is 0.408. The lowest BCUT2D eigenvalue weighted by Gasteiger charge is -2.39. The Hall–Kier alpha value is -1.32. The van der Waals surface area contributed by atoms with Crippen LogP contribution in [0.2, 0.25) is 0 Å². The van der Waals surface area contributed by atoms with E-state index < -0.39 is 0 Å². The van der Waals surface area contributed by atoms with E-state index in [-0.39, 0.29) is 0 Å². The third-order valence-electron chi connectivity index (χ3n) is 5.14. The van der Waals surface area contributed by atoms with Crippen LogP contribution in [-0.2, 0) is 0 Å². The van der Waals surface area contributed by atoms with Crippen molar-refractivity contribution in [1.82, 2.24) is 9.97 Å². The Morgan fingerprint density at radius 1 is 1.05 bits per heavy atom. The lowest BCUT2D eigenvalue weighted by Crippen LogP contribution is -2.39. The molecule has 1 aromatic heterocycles. The number of piperidine rings is 1. The molecule has 0 spiro atoms. The van der Waals surface area contributed by atoms with Crippen LogP contribution in [0.1, 0.15) is 63.8 Å². The molecule has 0 radical (unpaired) electrons. The van der Waals surface area contributed by atoms with E-state index in [1.54, 1.807) is 0 Å². The summed E-state index contributed by atoms with van der Waals surface area (Å²) in [6.07, 6.45) is 4.92. The fourth-order valence-electron chi connectivity index (χ4n) is 3.33. The minimum absolute atomic E-state index is 0.408. The zero-order valence-corrected chi connectivity index (χ0v) is 13.8. The standard InChI is InChI=1S/C17H28N4/c1-11-14(18)19-15(12-5-6-12)20-16(11)21-9-7-13(8-10-21)17(2,3)4/h12-13H,5-10H2,1-4H3,(H2,18,19,20). The van der Waals surface area contributed by atoms with Gasteiger partial charge in [-0.1, -0.05) is 20.8 Å². The van der Waals surface area contributed by atoms with E-state index in [0.717, 1.165) is 36.2 Å². The number of aromatic nitrogens is 2. The molecular formula is C17H28N4. The monoisotopic (exact) mass is 288 g/mol. The van der Waals surface area contributed by atoms with Crippen molar-refractivity contribution in [3.05, 3.63) is 11.4 Å². The average Bonchev–Trinajstić information content (AvgIpc) is 3.25. The van der Waals surface area contributed by atoms with Crippen LogP contribution in [0.5, 0.6) is 0 Å². The van der Waals surface area contributed by atoms with Crippen molar-refractivity contribution >= 4 is 11.6 Å². The molecule has 0 amide bonds. The Labute approximate surface area is 128 Å². The molecule has 4 nitrogen and oxygen atoms in total. The van der Waals surface area contributed by atoms with Crippen LogP contribution in [0.4, 0.5) is 11.6 Å². The quantitative estimate of drug-likeness (QED) is 0.905. The molecule has 0 aromatic carbocycles. The van der Waals surface area contributed by atoms with Gasteiger partial charge >= 0.3 is 0 Å². The maximum Gasteiger partial charge on any atom is 0.137 e. The fraction of sp³-hybridized carbons (Fsp3) is 0.765. The smallest absolute Gasteiger partial charge is 0.137 e. The lowest BCUT2D eigenvalue weighted by molar-refractivity contribution is 0.198. The predicted molar refractivity (Wildman–Crippen MR) is 87.5 cm³/mol. The summed E-state index contributed by atoms with van der Waals surface area (Å²) in [4.78, 5) is 11.7. The van der Waals surface area contributed by atoms with Gasteiger partial charge in [0.05, 0.1) is 0 Å². The van der Waals surface area contributed by atoms with Crippen molar-refractivity contribution < 1.29 is 0 Å². The van der Waals surface area contributed by atoms with Crippen molar-refractivity contribution in [3.8, 4) is 0 Å². The van der Waals surface area contributed by atoms with Gasteiger partial charge in [-0.15, -0.1) is 0 Å². The molecule has 2 heterocycles. The highest BCUT2D eigenvalue weighted by molar-refractivity contribution is 5.57. The normalized spacial score (nSPS) is 20.9. The van der Waals surface area contributed by atoms with Gasteiger partial charge < -0.3 is 10.6 Å². The zero-order chi connectivity index (χ0) is 15.2. The van der Waals surface area contributed by atoms with E-state index in [0.29, 0.717) is 17.2 Å². The molecule has 3 rings (SSSR count). The molecule has 1 aliphatic heterocycles. The van der Waals surface area contributed by atoms with Gasteiger partial charge in [0.15, 0.2) is 0 Å². The number of hydrogen-bond donors (Lipinski definition) is 1. The van der Waals surface area contributed by atoms with Gasteiger partial charge in [0.25, 0.3) is 0 Å². The molecule has 21 heavy (non-hydrogen) atoms. The Morgan fingerprint density at radius 2 is 1.67 bits per heavy atom. The SMILES string of the molecule is Cc1c(N)nc(C2CC2)nc1N1CCC(C(C)(C)C)CC1. The minimum Gasteiger partial charge on any atom is -0.383 e. The second-order valence-corrected chi connectivity index (χ2v) is 7.82. The van der Waals surface area contributed by atoms with Crippen molar-refractivity contribution in [2.75, 3.05) is 23.7 Å². The van der Waals surface area contributed by atoms with Crippen molar-refractivity contribution in [2.24, 2.45) is 11.3 Å². The molecule has 4 heteroatoms. The summed E-state index contributed by atoms with van der Waals surface area (Å²) in [5, 5.41) is 0. The van der Waals surface area contributed by atoms with E-state index in [2.05, 4.69) is 37.6 Å². The first kappa shape index (κ1) is 14.6. The van der Waals surface area contributed by atoms with Gasteiger partial charge in [-0.25, -0.2) is 9.97 Å². The summed E-state index contributed by atoms with van der Waals surface area (Å²) in [5.41, 5.74) is 7.57. The molecule has 1 saturated heterocycles. The molecule has 2 N–H and O–H groups in total. The maximum atomic E-state index is 6.11. The molecule has 116 valence electrons. The highest BCUT2D eigenvalue weighted by Gasteiger charge is 2.32. The van der Waals surface area contributed by atoms with Crippen LogP contribution in [0, 0.1) is 18.3 Å². The van der Waals surface area contributed by atoms with Gasteiger partial charge in [-0.3, -0.25) is 0 Å². The summed E-state index contributed by atoms with van der Waals surface area (Å²) >= 11 is 0. The van der Waals surface area contributed by atoms with Gasteiger partial charge in [-0.05, 0) is 43.9 Å². The van der Waals surface area contributed by atoms with Crippen molar-refractivity contribution in [3.63, 3.8) is 0 Å². The number of nitrogens with two attached hydrogens (primary N) is 1. The number of rotatable bonds is 2. The van der Waals surface area contributed by atoms with Crippen LogP contribution in [-0.4, -0.2) is 23.1 Å². The Kier molecular flexibility index (Phi) is 3.58. The van der Waals surface area contributed by atoms with Crippen LogP contribution < -0.4 is 10.6 Å². The molecule has 0 bridgehead atoms. The Bertz CT molecular complexity index is 520. The summed E-state index contributed by atoms with van der Waals surface area (Å²) in [6.45, 7) is 11.3. The average molecular weight is 288 g/mol. The molecule has 0 atom stereocenters.